The number of benzene rings is 2. The van der Waals surface area contributed by atoms with Crippen molar-refractivity contribution in [3.63, 3.8) is 0 Å². The third kappa shape index (κ3) is 7.46. The van der Waals surface area contributed by atoms with Crippen LogP contribution in [0, 0.1) is 0 Å². The van der Waals surface area contributed by atoms with E-state index in [1.807, 2.05) is 25.1 Å². The highest BCUT2D eigenvalue weighted by atomic mass is 79.9. The van der Waals surface area contributed by atoms with Gasteiger partial charge in [-0.1, -0.05) is 44.2 Å². The molecule has 0 aliphatic heterocycles. The van der Waals surface area contributed by atoms with Crippen molar-refractivity contribution < 1.29 is 9.47 Å². The summed E-state index contributed by atoms with van der Waals surface area (Å²) in [5.74, 6) is 1.55. The lowest BCUT2D eigenvalue weighted by atomic mass is 10.2. The fraction of sp³-hybridized carbons (Fsp3) is 0.478. The Labute approximate surface area is 178 Å². The molecular formula is C23H33BrN2O2. The second-order valence-corrected chi connectivity index (χ2v) is 7.52. The predicted octanol–water partition coefficient (Wildman–Crippen LogP) is 5.25. The summed E-state index contributed by atoms with van der Waals surface area (Å²) in [5, 5.41) is 3.54. The van der Waals surface area contributed by atoms with Crippen LogP contribution in [0.4, 0.5) is 0 Å². The average molecular weight is 449 g/mol. The van der Waals surface area contributed by atoms with Crippen LogP contribution in [0.25, 0.3) is 0 Å². The zero-order chi connectivity index (χ0) is 20.2. The average Bonchev–Trinajstić information content (AvgIpc) is 2.71. The van der Waals surface area contributed by atoms with E-state index >= 15 is 0 Å². The minimum atomic E-state index is 0.516. The minimum Gasteiger partial charge on any atom is -0.490 e. The van der Waals surface area contributed by atoms with Gasteiger partial charge in [0.25, 0.3) is 0 Å². The molecule has 154 valence electrons. The molecule has 0 atom stereocenters. The van der Waals surface area contributed by atoms with Gasteiger partial charge in [0.2, 0.25) is 0 Å². The molecule has 5 heteroatoms. The molecule has 0 heterocycles. The van der Waals surface area contributed by atoms with Crippen molar-refractivity contribution in [3.05, 3.63) is 58.1 Å². The number of halogens is 1. The van der Waals surface area contributed by atoms with Crippen LogP contribution in [0.3, 0.4) is 0 Å². The van der Waals surface area contributed by atoms with Crippen molar-refractivity contribution in [1.82, 2.24) is 10.2 Å². The van der Waals surface area contributed by atoms with E-state index in [2.05, 4.69) is 64.3 Å². The van der Waals surface area contributed by atoms with Gasteiger partial charge in [-0.25, -0.2) is 0 Å². The standard InChI is InChI=1S/C23H33BrN2O2/c1-4-26(5-2)14-10-13-25-17-20-15-21(24)23(22(16-20)27-6-3)28-18-19-11-8-7-9-12-19/h7-9,11-12,15-16,25H,4-6,10,13-14,17-18H2,1-3H3. The van der Waals surface area contributed by atoms with Gasteiger partial charge >= 0.3 is 0 Å². The lowest BCUT2D eigenvalue weighted by molar-refractivity contribution is 0.267. The van der Waals surface area contributed by atoms with Gasteiger partial charge in [0, 0.05) is 6.54 Å². The summed E-state index contributed by atoms with van der Waals surface area (Å²) in [6.07, 6.45) is 1.15. The SMILES string of the molecule is CCOc1cc(CNCCCN(CC)CC)cc(Br)c1OCc1ccccc1. The first-order valence-electron chi connectivity index (χ1n) is 10.2. The summed E-state index contributed by atoms with van der Waals surface area (Å²) < 4.78 is 12.8. The van der Waals surface area contributed by atoms with Gasteiger partial charge in [0.05, 0.1) is 11.1 Å². The molecule has 2 rings (SSSR count). The number of nitrogens with zero attached hydrogens (tertiary/aromatic N) is 1. The normalized spacial score (nSPS) is 11.0. The van der Waals surface area contributed by atoms with Crippen LogP contribution in [0.2, 0.25) is 0 Å². The summed E-state index contributed by atoms with van der Waals surface area (Å²) >= 11 is 3.66. The summed E-state index contributed by atoms with van der Waals surface area (Å²) in [4.78, 5) is 2.45. The third-order valence-corrected chi connectivity index (χ3v) is 5.24. The highest BCUT2D eigenvalue weighted by Gasteiger charge is 2.12. The van der Waals surface area contributed by atoms with E-state index in [4.69, 9.17) is 9.47 Å². The molecular weight excluding hydrogens is 416 g/mol. The van der Waals surface area contributed by atoms with E-state index in [0.717, 1.165) is 60.7 Å². The number of nitrogens with one attached hydrogen (secondary N) is 1. The van der Waals surface area contributed by atoms with Gasteiger partial charge in [-0.2, -0.15) is 0 Å². The molecule has 0 saturated carbocycles. The Morgan fingerprint density at radius 1 is 0.964 bits per heavy atom. The van der Waals surface area contributed by atoms with Gasteiger partial charge in [-0.05, 0) is 78.7 Å². The molecule has 0 aliphatic rings. The lowest BCUT2D eigenvalue weighted by Gasteiger charge is -2.18. The van der Waals surface area contributed by atoms with E-state index in [-0.39, 0.29) is 0 Å². The number of rotatable bonds is 13. The Bertz CT molecular complexity index is 691. The monoisotopic (exact) mass is 448 g/mol. The molecule has 0 radical (unpaired) electrons. The fourth-order valence-electron chi connectivity index (χ4n) is 3.06. The van der Waals surface area contributed by atoms with E-state index < -0.39 is 0 Å². The molecule has 2 aromatic carbocycles. The molecule has 0 bridgehead atoms. The van der Waals surface area contributed by atoms with E-state index in [1.165, 1.54) is 5.56 Å². The quantitative estimate of drug-likeness (QED) is 0.424. The summed E-state index contributed by atoms with van der Waals surface area (Å²) in [5.41, 5.74) is 2.32. The van der Waals surface area contributed by atoms with Crippen LogP contribution in [0.1, 0.15) is 38.3 Å². The smallest absolute Gasteiger partial charge is 0.175 e. The first-order valence-corrected chi connectivity index (χ1v) is 11.0. The number of hydrogen-bond acceptors (Lipinski definition) is 4. The molecule has 4 nitrogen and oxygen atoms in total. The maximum absolute atomic E-state index is 6.06. The Balaban J connectivity index is 1.93. The van der Waals surface area contributed by atoms with E-state index in [9.17, 15) is 0 Å². The van der Waals surface area contributed by atoms with Crippen molar-refractivity contribution in [1.29, 1.82) is 0 Å². The zero-order valence-electron chi connectivity index (χ0n) is 17.3. The Kier molecular flexibility index (Phi) is 10.4. The zero-order valence-corrected chi connectivity index (χ0v) is 18.9. The number of hydrogen-bond donors (Lipinski definition) is 1. The fourth-order valence-corrected chi connectivity index (χ4v) is 3.66. The maximum atomic E-state index is 6.06. The maximum Gasteiger partial charge on any atom is 0.175 e. The van der Waals surface area contributed by atoms with Crippen molar-refractivity contribution in [2.24, 2.45) is 0 Å². The predicted molar refractivity (Wildman–Crippen MR) is 120 cm³/mol. The lowest BCUT2D eigenvalue weighted by Crippen LogP contribution is -2.27. The van der Waals surface area contributed by atoms with E-state index in [1.54, 1.807) is 0 Å². The van der Waals surface area contributed by atoms with Crippen LogP contribution < -0.4 is 14.8 Å². The number of ether oxygens (including phenoxy) is 2. The molecule has 0 aromatic heterocycles. The summed E-state index contributed by atoms with van der Waals surface area (Å²) in [7, 11) is 0. The first-order chi connectivity index (χ1) is 13.7. The molecule has 2 aromatic rings. The van der Waals surface area contributed by atoms with Gasteiger partial charge < -0.3 is 19.7 Å². The van der Waals surface area contributed by atoms with Crippen molar-refractivity contribution in [2.45, 2.75) is 40.3 Å². The Hall–Kier alpha value is -1.56. The van der Waals surface area contributed by atoms with Gasteiger partial charge in [-0.3, -0.25) is 0 Å². The molecule has 28 heavy (non-hydrogen) atoms. The minimum absolute atomic E-state index is 0.516. The van der Waals surface area contributed by atoms with Crippen LogP contribution in [-0.2, 0) is 13.2 Å². The van der Waals surface area contributed by atoms with E-state index in [0.29, 0.717) is 13.2 Å². The van der Waals surface area contributed by atoms with Crippen LogP contribution in [0.5, 0.6) is 11.5 Å². The van der Waals surface area contributed by atoms with Gasteiger partial charge in [-0.15, -0.1) is 0 Å². The topological polar surface area (TPSA) is 33.7 Å². The van der Waals surface area contributed by atoms with Crippen LogP contribution in [0.15, 0.2) is 46.9 Å². The second-order valence-electron chi connectivity index (χ2n) is 6.67. The van der Waals surface area contributed by atoms with Crippen molar-refractivity contribution >= 4 is 15.9 Å². The molecule has 0 unspecified atom stereocenters. The summed E-state index contributed by atoms with van der Waals surface area (Å²) in [6.45, 7) is 12.7. The molecule has 0 saturated heterocycles. The Morgan fingerprint density at radius 3 is 2.39 bits per heavy atom. The van der Waals surface area contributed by atoms with Crippen molar-refractivity contribution in [3.8, 4) is 11.5 Å². The van der Waals surface area contributed by atoms with Crippen molar-refractivity contribution in [2.75, 3.05) is 32.8 Å². The van der Waals surface area contributed by atoms with Crippen LogP contribution >= 0.6 is 15.9 Å². The van der Waals surface area contributed by atoms with Gasteiger partial charge in [0.1, 0.15) is 6.61 Å². The Morgan fingerprint density at radius 2 is 1.71 bits per heavy atom. The first kappa shape index (κ1) is 22.7. The largest absolute Gasteiger partial charge is 0.490 e. The molecule has 0 aliphatic carbocycles. The molecule has 0 spiro atoms. The molecule has 0 fully saturated rings. The second kappa shape index (κ2) is 12.8. The molecule has 1 N–H and O–H groups in total. The summed E-state index contributed by atoms with van der Waals surface area (Å²) in [6, 6.07) is 14.4. The highest BCUT2D eigenvalue weighted by Crippen LogP contribution is 2.37. The highest BCUT2D eigenvalue weighted by molar-refractivity contribution is 9.10. The van der Waals surface area contributed by atoms with Crippen LogP contribution in [-0.4, -0.2) is 37.7 Å². The third-order valence-electron chi connectivity index (χ3n) is 4.65. The molecule has 0 amide bonds. The van der Waals surface area contributed by atoms with Gasteiger partial charge in [0.15, 0.2) is 11.5 Å².